The van der Waals surface area contributed by atoms with E-state index in [0.29, 0.717) is 10.6 Å². The van der Waals surface area contributed by atoms with Crippen LogP contribution >= 0.6 is 23.2 Å². The lowest BCUT2D eigenvalue weighted by Gasteiger charge is -2.07. The number of alkyl halides is 1. The van der Waals surface area contributed by atoms with Gasteiger partial charge in [0, 0.05) is 11.4 Å². The number of aliphatic hydroxyl groups is 1. The van der Waals surface area contributed by atoms with E-state index < -0.39 is 6.08 Å². The summed E-state index contributed by atoms with van der Waals surface area (Å²) in [5.74, 6) is 0.598. The molecule has 0 spiro atoms. The molecule has 0 aliphatic carbocycles. The van der Waals surface area contributed by atoms with Gasteiger partial charge in [-0.15, -0.1) is 11.6 Å². The van der Waals surface area contributed by atoms with Gasteiger partial charge in [0.2, 0.25) is 5.89 Å². The van der Waals surface area contributed by atoms with Crippen LogP contribution in [0.3, 0.4) is 0 Å². The van der Waals surface area contributed by atoms with Crippen molar-refractivity contribution in [2.45, 2.75) is 18.4 Å². The molecule has 2 aromatic rings. The first-order valence-corrected chi connectivity index (χ1v) is 5.78. The molecule has 0 saturated carbocycles. The SMILES string of the molecule is [2H]C(O)(Cc1noc(CCl)n1)c1ccc(Cl)cc1. The van der Waals surface area contributed by atoms with Gasteiger partial charge in [-0.2, -0.15) is 4.98 Å². The largest absolute Gasteiger partial charge is 0.388 e. The van der Waals surface area contributed by atoms with Crippen molar-refractivity contribution < 1.29 is 11.0 Å². The maximum atomic E-state index is 10.1. The molecule has 90 valence electrons. The molecule has 1 unspecified atom stereocenters. The van der Waals surface area contributed by atoms with E-state index in [1.54, 1.807) is 24.3 Å². The standard InChI is InChI=1S/C11H10Cl2N2O2/c12-6-11-14-10(15-17-11)5-9(16)7-1-3-8(13)4-2-7/h1-4,9,16H,5-6H2/i9D. The Balaban J connectivity index is 2.18. The van der Waals surface area contributed by atoms with Crippen LogP contribution in [0.1, 0.15) is 24.7 Å². The summed E-state index contributed by atoms with van der Waals surface area (Å²) < 4.78 is 12.7. The summed E-state index contributed by atoms with van der Waals surface area (Å²) in [5.41, 5.74) is 0.407. The van der Waals surface area contributed by atoms with E-state index in [-0.39, 0.29) is 24.0 Å². The van der Waals surface area contributed by atoms with Crippen LogP contribution in [-0.4, -0.2) is 15.2 Å². The van der Waals surface area contributed by atoms with Crippen molar-refractivity contribution in [1.29, 1.82) is 0 Å². The van der Waals surface area contributed by atoms with Gasteiger partial charge in [-0.25, -0.2) is 0 Å². The van der Waals surface area contributed by atoms with Crippen LogP contribution in [0.5, 0.6) is 0 Å². The van der Waals surface area contributed by atoms with E-state index in [0.717, 1.165) is 0 Å². The Labute approximate surface area is 110 Å². The van der Waals surface area contributed by atoms with Crippen LogP contribution < -0.4 is 0 Å². The Morgan fingerprint density at radius 1 is 1.41 bits per heavy atom. The highest BCUT2D eigenvalue weighted by molar-refractivity contribution is 6.30. The summed E-state index contributed by atoms with van der Waals surface area (Å²) in [4.78, 5) is 3.94. The van der Waals surface area contributed by atoms with Crippen LogP contribution in [-0.2, 0) is 12.3 Å². The van der Waals surface area contributed by atoms with E-state index in [1.807, 2.05) is 0 Å². The zero-order valence-electron chi connectivity index (χ0n) is 9.73. The fraction of sp³-hybridized carbons (Fsp3) is 0.273. The van der Waals surface area contributed by atoms with E-state index in [4.69, 9.17) is 29.1 Å². The van der Waals surface area contributed by atoms with Crippen molar-refractivity contribution in [2.24, 2.45) is 0 Å². The molecule has 0 fully saturated rings. The van der Waals surface area contributed by atoms with Crippen LogP contribution in [0, 0.1) is 0 Å². The Morgan fingerprint density at radius 2 is 2.12 bits per heavy atom. The molecule has 1 atom stereocenters. The molecule has 2 rings (SSSR count). The van der Waals surface area contributed by atoms with E-state index >= 15 is 0 Å². The number of nitrogens with zero attached hydrogens (tertiary/aromatic N) is 2. The summed E-state index contributed by atoms with van der Waals surface area (Å²) in [7, 11) is 0. The van der Waals surface area contributed by atoms with Gasteiger partial charge in [0.05, 0.1) is 7.45 Å². The molecule has 4 nitrogen and oxygen atoms in total. The molecule has 0 saturated heterocycles. The minimum absolute atomic E-state index is 0.0883. The molecule has 0 aliphatic rings. The average Bonchev–Trinajstić information content (AvgIpc) is 2.76. The third kappa shape index (κ3) is 3.19. The molecule has 0 radical (unpaired) electrons. The van der Waals surface area contributed by atoms with E-state index in [2.05, 4.69) is 10.1 Å². The fourth-order valence-corrected chi connectivity index (χ4v) is 1.54. The number of benzene rings is 1. The first kappa shape index (κ1) is 11.0. The summed E-state index contributed by atoms with van der Waals surface area (Å²) in [5, 5.41) is 14.3. The maximum absolute atomic E-state index is 10.1. The summed E-state index contributed by atoms with van der Waals surface area (Å²) in [6.45, 7) is 0. The van der Waals surface area contributed by atoms with Gasteiger partial charge in [0.15, 0.2) is 5.82 Å². The number of hydrogen-bond acceptors (Lipinski definition) is 4. The summed E-state index contributed by atoms with van der Waals surface area (Å²) in [6, 6.07) is 6.38. The first-order valence-electron chi connectivity index (χ1n) is 5.37. The maximum Gasteiger partial charge on any atom is 0.241 e. The molecule has 0 amide bonds. The van der Waals surface area contributed by atoms with E-state index in [9.17, 15) is 5.11 Å². The van der Waals surface area contributed by atoms with Gasteiger partial charge in [0.1, 0.15) is 5.88 Å². The van der Waals surface area contributed by atoms with Gasteiger partial charge in [0.25, 0.3) is 0 Å². The lowest BCUT2D eigenvalue weighted by molar-refractivity contribution is 0.174. The molecule has 1 aromatic heterocycles. The second kappa shape index (κ2) is 5.49. The van der Waals surface area contributed by atoms with Crippen LogP contribution in [0.4, 0.5) is 0 Å². The molecular formula is C11H10Cl2N2O2. The second-order valence-electron chi connectivity index (χ2n) is 3.37. The zero-order chi connectivity index (χ0) is 13.2. The molecular weight excluding hydrogens is 263 g/mol. The van der Waals surface area contributed by atoms with Gasteiger partial charge in [-0.1, -0.05) is 28.9 Å². The molecule has 1 heterocycles. The van der Waals surface area contributed by atoms with Crippen molar-refractivity contribution in [2.75, 3.05) is 0 Å². The summed E-state index contributed by atoms with van der Waals surface area (Å²) in [6.07, 6.45) is -1.92. The third-order valence-electron chi connectivity index (χ3n) is 2.13. The Morgan fingerprint density at radius 3 is 2.71 bits per heavy atom. The normalized spacial score (nSPS) is 15.4. The van der Waals surface area contributed by atoms with Crippen molar-refractivity contribution in [3.05, 3.63) is 46.6 Å². The van der Waals surface area contributed by atoms with Gasteiger partial charge < -0.3 is 9.63 Å². The lowest BCUT2D eigenvalue weighted by atomic mass is 10.1. The minimum Gasteiger partial charge on any atom is -0.388 e. The van der Waals surface area contributed by atoms with Crippen molar-refractivity contribution >= 4 is 23.2 Å². The smallest absolute Gasteiger partial charge is 0.241 e. The van der Waals surface area contributed by atoms with Gasteiger partial charge in [-0.05, 0) is 17.7 Å². The predicted molar refractivity (Wildman–Crippen MR) is 64.0 cm³/mol. The second-order valence-corrected chi connectivity index (χ2v) is 4.07. The van der Waals surface area contributed by atoms with Crippen molar-refractivity contribution in [3.63, 3.8) is 0 Å². The minimum atomic E-state index is -1.84. The highest BCUT2D eigenvalue weighted by Gasteiger charge is 2.13. The molecule has 0 bridgehead atoms. The number of aromatic nitrogens is 2. The Kier molecular flexibility index (Phi) is 3.56. The molecule has 0 aliphatic heterocycles. The molecule has 17 heavy (non-hydrogen) atoms. The number of rotatable bonds is 4. The Bertz CT molecular complexity index is 528. The molecule has 1 N–H and O–H groups in total. The fourth-order valence-electron chi connectivity index (χ4n) is 1.31. The number of halogens is 2. The van der Waals surface area contributed by atoms with Crippen LogP contribution in [0.15, 0.2) is 28.8 Å². The highest BCUT2D eigenvalue weighted by Crippen LogP contribution is 2.19. The number of hydrogen-bond donors (Lipinski definition) is 1. The Hall–Kier alpha value is -1.10. The van der Waals surface area contributed by atoms with Gasteiger partial charge in [-0.3, -0.25) is 0 Å². The highest BCUT2D eigenvalue weighted by atomic mass is 35.5. The molecule has 1 aromatic carbocycles. The van der Waals surface area contributed by atoms with Crippen molar-refractivity contribution in [1.82, 2.24) is 10.1 Å². The zero-order valence-corrected chi connectivity index (χ0v) is 10.2. The average molecular weight is 274 g/mol. The monoisotopic (exact) mass is 273 g/mol. The molecule has 6 heteroatoms. The summed E-state index contributed by atoms with van der Waals surface area (Å²) >= 11 is 11.3. The van der Waals surface area contributed by atoms with Crippen molar-refractivity contribution in [3.8, 4) is 0 Å². The predicted octanol–water partition coefficient (Wildman–Crippen LogP) is 2.74. The van der Waals surface area contributed by atoms with Gasteiger partial charge >= 0.3 is 0 Å². The topological polar surface area (TPSA) is 59.2 Å². The van der Waals surface area contributed by atoms with Crippen LogP contribution in [0.2, 0.25) is 5.02 Å². The third-order valence-corrected chi connectivity index (χ3v) is 2.61. The van der Waals surface area contributed by atoms with Crippen LogP contribution in [0.25, 0.3) is 0 Å². The van der Waals surface area contributed by atoms with E-state index in [1.165, 1.54) is 0 Å². The first-order chi connectivity index (χ1) is 8.51. The quantitative estimate of drug-likeness (QED) is 0.871. The lowest BCUT2D eigenvalue weighted by Crippen LogP contribution is -2.03.